The second-order valence-corrected chi connectivity index (χ2v) is 6.98. The Hall–Kier alpha value is -2.61. The first-order valence-electron chi connectivity index (χ1n) is 9.03. The van der Waals surface area contributed by atoms with Crippen molar-refractivity contribution in [1.82, 2.24) is 4.90 Å². The molecule has 2 nitrogen and oxygen atoms in total. The van der Waals surface area contributed by atoms with Crippen LogP contribution in [-0.2, 0) is 17.8 Å². The summed E-state index contributed by atoms with van der Waals surface area (Å²) in [6.07, 6.45) is 3.14. The minimum atomic E-state index is 0.00456. The zero-order valence-corrected chi connectivity index (χ0v) is 14.6. The van der Waals surface area contributed by atoms with Gasteiger partial charge in [-0.15, -0.1) is 0 Å². The van der Waals surface area contributed by atoms with E-state index in [9.17, 15) is 4.79 Å². The number of hydrogen-bond donors (Lipinski definition) is 0. The molecule has 0 fully saturated rings. The molecule has 2 heteroatoms. The van der Waals surface area contributed by atoms with Gasteiger partial charge in [0.1, 0.15) is 0 Å². The minimum Gasteiger partial charge on any atom is -0.341 e. The predicted octanol–water partition coefficient (Wildman–Crippen LogP) is 4.92. The molecule has 0 N–H and O–H groups in total. The molecule has 0 aromatic heterocycles. The molecule has 25 heavy (non-hydrogen) atoms. The largest absolute Gasteiger partial charge is 0.341 e. The van der Waals surface area contributed by atoms with E-state index in [1.54, 1.807) is 0 Å². The van der Waals surface area contributed by atoms with E-state index >= 15 is 0 Å². The fourth-order valence-electron chi connectivity index (χ4n) is 4.04. The maximum Gasteiger partial charge on any atom is 0.230 e. The fraction of sp³-hybridized carbons (Fsp3) is 0.261. The van der Waals surface area contributed by atoms with Crippen LogP contribution in [0, 0.1) is 0 Å². The summed E-state index contributed by atoms with van der Waals surface area (Å²) in [5.74, 6) is 0.241. The van der Waals surface area contributed by atoms with Crippen LogP contribution in [0.25, 0.3) is 10.8 Å². The highest BCUT2D eigenvalue weighted by molar-refractivity contribution is 5.87. The molecule has 0 saturated carbocycles. The first-order valence-corrected chi connectivity index (χ1v) is 9.03. The van der Waals surface area contributed by atoms with Gasteiger partial charge in [0, 0.05) is 13.6 Å². The third-order valence-corrected chi connectivity index (χ3v) is 5.33. The number of nitrogens with zero attached hydrogens (tertiary/aromatic N) is 1. The third kappa shape index (κ3) is 3.05. The first kappa shape index (κ1) is 15.9. The molecule has 4 rings (SSSR count). The summed E-state index contributed by atoms with van der Waals surface area (Å²) in [7, 11) is 1.93. The van der Waals surface area contributed by atoms with E-state index in [2.05, 4.69) is 66.7 Å². The van der Waals surface area contributed by atoms with Gasteiger partial charge in [-0.3, -0.25) is 4.79 Å². The van der Waals surface area contributed by atoms with Gasteiger partial charge in [-0.2, -0.15) is 0 Å². The van der Waals surface area contributed by atoms with E-state index < -0.39 is 0 Å². The van der Waals surface area contributed by atoms with E-state index in [1.165, 1.54) is 27.5 Å². The van der Waals surface area contributed by atoms with Crippen molar-refractivity contribution in [2.24, 2.45) is 0 Å². The number of rotatable bonds is 3. The lowest BCUT2D eigenvalue weighted by Gasteiger charge is -2.29. The molecule has 0 spiro atoms. The molecule has 0 aliphatic heterocycles. The summed E-state index contributed by atoms with van der Waals surface area (Å²) < 4.78 is 0. The van der Waals surface area contributed by atoms with Crippen LogP contribution in [-0.4, -0.2) is 17.9 Å². The zero-order chi connectivity index (χ0) is 17.2. The number of hydrogen-bond acceptors (Lipinski definition) is 1. The Morgan fingerprint density at radius 2 is 1.76 bits per heavy atom. The van der Waals surface area contributed by atoms with Crippen molar-refractivity contribution in [3.8, 4) is 0 Å². The van der Waals surface area contributed by atoms with Crippen LogP contribution in [0.2, 0.25) is 0 Å². The van der Waals surface area contributed by atoms with Crippen LogP contribution in [0.1, 0.15) is 35.4 Å². The van der Waals surface area contributed by atoms with Gasteiger partial charge in [0.05, 0.1) is 5.92 Å². The first-order chi connectivity index (χ1) is 12.2. The van der Waals surface area contributed by atoms with Crippen LogP contribution in [0.5, 0.6) is 0 Å². The summed E-state index contributed by atoms with van der Waals surface area (Å²) in [4.78, 5) is 15.0. The highest BCUT2D eigenvalue weighted by atomic mass is 16.2. The van der Waals surface area contributed by atoms with Crippen molar-refractivity contribution >= 4 is 16.7 Å². The fourth-order valence-corrected chi connectivity index (χ4v) is 4.04. The van der Waals surface area contributed by atoms with Crippen molar-refractivity contribution in [1.29, 1.82) is 0 Å². The third-order valence-electron chi connectivity index (χ3n) is 5.33. The summed E-state index contributed by atoms with van der Waals surface area (Å²) in [6, 6.07) is 23.1. The molecule has 0 unspecified atom stereocenters. The van der Waals surface area contributed by atoms with Gasteiger partial charge in [0.15, 0.2) is 0 Å². The molecule has 3 aromatic carbocycles. The predicted molar refractivity (Wildman–Crippen MR) is 103 cm³/mol. The van der Waals surface area contributed by atoms with Crippen LogP contribution < -0.4 is 0 Å². The summed E-state index contributed by atoms with van der Waals surface area (Å²) in [5, 5.41) is 2.46. The summed E-state index contributed by atoms with van der Waals surface area (Å²) in [6.45, 7) is 0.652. The Labute approximate surface area is 149 Å². The van der Waals surface area contributed by atoms with Crippen LogP contribution in [0.4, 0.5) is 0 Å². The van der Waals surface area contributed by atoms with Crippen molar-refractivity contribution in [3.63, 3.8) is 0 Å². The SMILES string of the molecule is CN(Cc1cccc2ccccc12)C(=O)[C@@H]1CCCc2ccccc21. The highest BCUT2D eigenvalue weighted by Gasteiger charge is 2.28. The standard InChI is InChI=1S/C23H23NO/c1-24(16-19-12-6-10-17-8-2-4-13-20(17)19)23(25)22-15-7-11-18-9-3-5-14-21(18)22/h2-6,8-10,12-14,22H,7,11,15-16H2,1H3/t22-/m1/s1. The number of amides is 1. The van der Waals surface area contributed by atoms with E-state index in [-0.39, 0.29) is 11.8 Å². The van der Waals surface area contributed by atoms with Crippen LogP contribution >= 0.6 is 0 Å². The number of carbonyl (C=O) groups excluding carboxylic acids is 1. The quantitative estimate of drug-likeness (QED) is 0.668. The number of benzene rings is 3. The van der Waals surface area contributed by atoms with Gasteiger partial charge in [0.2, 0.25) is 5.91 Å². The molecular weight excluding hydrogens is 306 g/mol. The number of aryl methyl sites for hydroxylation is 1. The van der Waals surface area contributed by atoms with Crippen LogP contribution in [0.3, 0.4) is 0 Å². The van der Waals surface area contributed by atoms with Crippen molar-refractivity contribution < 1.29 is 4.79 Å². The lowest BCUT2D eigenvalue weighted by atomic mass is 9.82. The summed E-state index contributed by atoms with van der Waals surface area (Å²) in [5.41, 5.74) is 3.77. The van der Waals surface area contributed by atoms with Crippen molar-refractivity contribution in [2.45, 2.75) is 31.7 Å². The number of carbonyl (C=O) groups is 1. The Bertz CT molecular complexity index is 909. The van der Waals surface area contributed by atoms with E-state index in [0.29, 0.717) is 6.54 Å². The topological polar surface area (TPSA) is 20.3 Å². The molecule has 0 heterocycles. The summed E-state index contributed by atoms with van der Waals surface area (Å²) >= 11 is 0. The second-order valence-electron chi connectivity index (χ2n) is 6.98. The maximum absolute atomic E-state index is 13.1. The molecule has 1 aliphatic rings. The highest BCUT2D eigenvalue weighted by Crippen LogP contribution is 2.33. The lowest BCUT2D eigenvalue weighted by molar-refractivity contribution is -0.132. The maximum atomic E-state index is 13.1. The van der Waals surface area contributed by atoms with Crippen molar-refractivity contribution in [3.05, 3.63) is 83.4 Å². The van der Waals surface area contributed by atoms with Gasteiger partial charge in [-0.1, -0.05) is 66.7 Å². The normalized spacial score (nSPS) is 16.4. The van der Waals surface area contributed by atoms with Gasteiger partial charge >= 0.3 is 0 Å². The van der Waals surface area contributed by atoms with Gasteiger partial charge < -0.3 is 4.90 Å². The van der Waals surface area contributed by atoms with E-state index in [1.807, 2.05) is 11.9 Å². The van der Waals surface area contributed by atoms with Crippen LogP contribution in [0.15, 0.2) is 66.7 Å². The van der Waals surface area contributed by atoms with Crippen molar-refractivity contribution in [2.75, 3.05) is 7.05 Å². The van der Waals surface area contributed by atoms with Gasteiger partial charge in [-0.05, 0) is 46.7 Å². The molecule has 1 atom stereocenters. The average Bonchev–Trinajstić information content (AvgIpc) is 2.67. The molecule has 3 aromatic rings. The van der Waals surface area contributed by atoms with Gasteiger partial charge in [-0.25, -0.2) is 0 Å². The number of fused-ring (bicyclic) bond motifs is 2. The minimum absolute atomic E-state index is 0.00456. The molecule has 1 amide bonds. The Morgan fingerprint density at radius 3 is 2.68 bits per heavy atom. The average molecular weight is 329 g/mol. The zero-order valence-electron chi connectivity index (χ0n) is 14.6. The Balaban J connectivity index is 1.59. The monoisotopic (exact) mass is 329 g/mol. The smallest absolute Gasteiger partial charge is 0.230 e. The molecule has 1 aliphatic carbocycles. The molecular formula is C23H23NO. The number of likely N-dealkylation sites (N-methyl/N-ethyl adjacent to an activating group) is 1. The Morgan fingerprint density at radius 1 is 1.00 bits per heavy atom. The second kappa shape index (κ2) is 6.72. The van der Waals surface area contributed by atoms with Gasteiger partial charge in [0.25, 0.3) is 0 Å². The molecule has 0 saturated heterocycles. The lowest BCUT2D eigenvalue weighted by Crippen LogP contribution is -2.33. The van der Waals surface area contributed by atoms with E-state index in [4.69, 9.17) is 0 Å². The Kier molecular flexibility index (Phi) is 4.27. The molecule has 0 bridgehead atoms. The molecule has 0 radical (unpaired) electrons. The molecule has 126 valence electrons. The van der Waals surface area contributed by atoms with E-state index in [0.717, 1.165) is 19.3 Å².